The Kier molecular flexibility index (Phi) is 8.04. The first-order valence-electron chi connectivity index (χ1n) is 11.0. The van der Waals surface area contributed by atoms with Gasteiger partial charge in [-0.3, -0.25) is 14.4 Å². The molecule has 1 aromatic heterocycles. The van der Waals surface area contributed by atoms with Gasteiger partial charge in [-0.25, -0.2) is 9.18 Å². The van der Waals surface area contributed by atoms with Crippen LogP contribution in [0.25, 0.3) is 0 Å². The number of carbonyl (C=O) groups excluding carboxylic acids is 4. The Morgan fingerprint density at radius 1 is 1.12 bits per heavy atom. The van der Waals surface area contributed by atoms with Crippen molar-refractivity contribution in [3.63, 3.8) is 0 Å². The van der Waals surface area contributed by atoms with Gasteiger partial charge >= 0.3 is 5.97 Å². The van der Waals surface area contributed by atoms with E-state index in [0.717, 1.165) is 0 Å². The van der Waals surface area contributed by atoms with Gasteiger partial charge in [0.05, 0.1) is 12.0 Å². The van der Waals surface area contributed by atoms with Gasteiger partial charge in [0.1, 0.15) is 11.9 Å². The number of hydrogen-bond donors (Lipinski definition) is 1. The number of anilines is 1. The second-order valence-electron chi connectivity index (χ2n) is 8.37. The number of rotatable bonds is 8. The van der Waals surface area contributed by atoms with E-state index in [4.69, 9.17) is 9.15 Å². The molecule has 2 heterocycles. The fraction of sp³-hybridized carbons (Fsp3) is 0.417. The topological polar surface area (TPSA) is 109 Å². The Balaban J connectivity index is 1.50. The van der Waals surface area contributed by atoms with E-state index in [1.807, 2.05) is 0 Å². The number of ketones is 1. The molecule has 3 rings (SSSR count). The van der Waals surface area contributed by atoms with Crippen molar-refractivity contribution in [1.82, 2.24) is 10.2 Å². The Hall–Kier alpha value is -3.69. The molecule has 2 aromatic rings. The number of piperazine rings is 1. The highest BCUT2D eigenvalue weighted by molar-refractivity contribution is 5.95. The lowest BCUT2D eigenvalue weighted by Gasteiger charge is -2.36. The SMILES string of the molecule is CC(=O)c1ccc(N2CCN(C(=O)COC(=O)[C@@H](NC(=O)c3ccco3)C(C)C)CC2)c(F)c1. The largest absolute Gasteiger partial charge is 0.459 e. The molecule has 1 aliphatic heterocycles. The lowest BCUT2D eigenvalue weighted by atomic mass is 10.0. The molecule has 1 aliphatic rings. The standard InChI is InChI=1S/C24H28FN3O6/c1-15(2)22(26-23(31)20-5-4-12-33-20)24(32)34-14-21(30)28-10-8-27(9-11-28)19-7-6-17(16(3)29)13-18(19)25/h4-7,12-13,15,22H,8-11,14H2,1-3H3,(H,26,31)/t22-/m0/s1. The summed E-state index contributed by atoms with van der Waals surface area (Å²) in [5, 5.41) is 2.57. The van der Waals surface area contributed by atoms with Gasteiger partial charge < -0.3 is 24.3 Å². The van der Waals surface area contributed by atoms with Crippen LogP contribution in [0.3, 0.4) is 0 Å². The molecular weight excluding hydrogens is 445 g/mol. The third kappa shape index (κ3) is 6.00. The number of carbonyl (C=O) groups is 4. The number of amides is 2. The lowest BCUT2D eigenvalue weighted by Crippen LogP contribution is -2.51. The van der Waals surface area contributed by atoms with Crippen LogP contribution < -0.4 is 10.2 Å². The number of furan rings is 1. The summed E-state index contributed by atoms with van der Waals surface area (Å²) in [7, 11) is 0. The molecule has 1 atom stereocenters. The van der Waals surface area contributed by atoms with Gasteiger partial charge in [0.2, 0.25) is 0 Å². The maximum Gasteiger partial charge on any atom is 0.329 e. The minimum Gasteiger partial charge on any atom is -0.459 e. The number of nitrogens with one attached hydrogen (secondary N) is 1. The van der Waals surface area contributed by atoms with Gasteiger partial charge in [0.25, 0.3) is 11.8 Å². The summed E-state index contributed by atoms with van der Waals surface area (Å²) in [5.41, 5.74) is 0.674. The van der Waals surface area contributed by atoms with Crippen molar-refractivity contribution < 1.29 is 32.7 Å². The molecule has 1 fully saturated rings. The van der Waals surface area contributed by atoms with Crippen LogP contribution in [0.2, 0.25) is 0 Å². The summed E-state index contributed by atoms with van der Waals surface area (Å²) < 4.78 is 24.6. The van der Waals surface area contributed by atoms with E-state index in [2.05, 4.69) is 5.32 Å². The molecule has 1 aromatic carbocycles. The molecule has 9 nitrogen and oxygen atoms in total. The maximum absolute atomic E-state index is 14.4. The molecule has 0 bridgehead atoms. The van der Waals surface area contributed by atoms with Crippen LogP contribution in [0, 0.1) is 11.7 Å². The van der Waals surface area contributed by atoms with Crippen LogP contribution in [0.5, 0.6) is 0 Å². The average molecular weight is 474 g/mol. The molecule has 10 heteroatoms. The number of esters is 1. The highest BCUT2D eigenvalue weighted by Gasteiger charge is 2.29. The zero-order valence-electron chi connectivity index (χ0n) is 19.4. The molecule has 182 valence electrons. The molecule has 34 heavy (non-hydrogen) atoms. The number of ether oxygens (including phenoxy) is 1. The van der Waals surface area contributed by atoms with Gasteiger partial charge in [-0.15, -0.1) is 0 Å². The summed E-state index contributed by atoms with van der Waals surface area (Å²) in [4.78, 5) is 52.0. The Morgan fingerprint density at radius 2 is 1.82 bits per heavy atom. The minimum atomic E-state index is -0.941. The van der Waals surface area contributed by atoms with E-state index < -0.39 is 30.3 Å². The van der Waals surface area contributed by atoms with E-state index >= 15 is 0 Å². The van der Waals surface area contributed by atoms with Gasteiger partial charge in [-0.05, 0) is 43.2 Å². The zero-order valence-corrected chi connectivity index (χ0v) is 19.4. The summed E-state index contributed by atoms with van der Waals surface area (Å²) in [6.07, 6.45) is 1.35. The van der Waals surface area contributed by atoms with Crippen molar-refractivity contribution in [1.29, 1.82) is 0 Å². The molecule has 0 saturated carbocycles. The maximum atomic E-state index is 14.4. The first-order valence-corrected chi connectivity index (χ1v) is 11.0. The van der Waals surface area contributed by atoms with E-state index in [9.17, 15) is 23.6 Å². The first-order chi connectivity index (χ1) is 16.2. The van der Waals surface area contributed by atoms with E-state index in [1.165, 1.54) is 30.2 Å². The molecule has 0 spiro atoms. The minimum absolute atomic E-state index is 0.0692. The van der Waals surface area contributed by atoms with E-state index in [0.29, 0.717) is 37.4 Å². The second-order valence-corrected chi connectivity index (χ2v) is 8.37. The van der Waals surface area contributed by atoms with Crippen LogP contribution in [0.15, 0.2) is 41.0 Å². The summed E-state index contributed by atoms with van der Waals surface area (Å²) >= 11 is 0. The van der Waals surface area contributed by atoms with Crippen molar-refractivity contribution in [2.75, 3.05) is 37.7 Å². The summed E-state index contributed by atoms with van der Waals surface area (Å²) in [5.74, 6) is -2.54. The Labute approximate surface area is 196 Å². The predicted molar refractivity (Wildman–Crippen MR) is 121 cm³/mol. The lowest BCUT2D eigenvalue weighted by molar-refractivity contribution is -0.154. The fourth-order valence-electron chi connectivity index (χ4n) is 3.61. The van der Waals surface area contributed by atoms with E-state index in [1.54, 1.807) is 36.9 Å². The van der Waals surface area contributed by atoms with Crippen LogP contribution in [-0.2, 0) is 14.3 Å². The van der Waals surface area contributed by atoms with Crippen LogP contribution in [0.1, 0.15) is 41.7 Å². The second kappa shape index (κ2) is 11.0. The fourth-order valence-corrected chi connectivity index (χ4v) is 3.61. The van der Waals surface area contributed by atoms with Crippen LogP contribution >= 0.6 is 0 Å². The van der Waals surface area contributed by atoms with Crippen molar-refractivity contribution in [3.8, 4) is 0 Å². The smallest absolute Gasteiger partial charge is 0.329 e. The number of benzene rings is 1. The summed E-state index contributed by atoms with van der Waals surface area (Å²) in [6, 6.07) is 6.45. The molecule has 0 unspecified atom stereocenters. The van der Waals surface area contributed by atoms with Crippen LogP contribution in [0.4, 0.5) is 10.1 Å². The molecule has 0 radical (unpaired) electrons. The highest BCUT2D eigenvalue weighted by Crippen LogP contribution is 2.22. The van der Waals surface area contributed by atoms with Crippen molar-refractivity contribution >= 4 is 29.3 Å². The van der Waals surface area contributed by atoms with Crippen molar-refractivity contribution in [2.45, 2.75) is 26.8 Å². The van der Waals surface area contributed by atoms with Gasteiger partial charge in [-0.1, -0.05) is 13.8 Å². The average Bonchev–Trinajstić information content (AvgIpc) is 3.35. The monoisotopic (exact) mass is 473 g/mol. The number of halogens is 1. The van der Waals surface area contributed by atoms with E-state index in [-0.39, 0.29) is 23.4 Å². The van der Waals surface area contributed by atoms with Crippen molar-refractivity contribution in [3.05, 3.63) is 53.7 Å². The quantitative estimate of drug-likeness (QED) is 0.463. The third-order valence-corrected chi connectivity index (χ3v) is 5.62. The Morgan fingerprint density at radius 3 is 2.38 bits per heavy atom. The predicted octanol–water partition coefficient (Wildman–Crippen LogP) is 2.27. The highest BCUT2D eigenvalue weighted by atomic mass is 19.1. The number of Topliss-reactive ketones (excluding diaryl/α,β-unsaturated/α-hetero) is 1. The normalized spacial score (nSPS) is 14.6. The third-order valence-electron chi connectivity index (χ3n) is 5.62. The zero-order chi connectivity index (χ0) is 24.8. The Bertz CT molecular complexity index is 1040. The molecule has 1 saturated heterocycles. The summed E-state index contributed by atoms with van der Waals surface area (Å²) in [6.45, 7) is 5.85. The first kappa shape index (κ1) is 24.9. The number of nitrogens with zero attached hydrogens (tertiary/aromatic N) is 2. The molecular formula is C24H28FN3O6. The van der Waals surface area contributed by atoms with Gasteiger partial charge in [-0.2, -0.15) is 0 Å². The number of hydrogen-bond acceptors (Lipinski definition) is 7. The molecule has 0 aliphatic carbocycles. The molecule has 1 N–H and O–H groups in total. The van der Waals surface area contributed by atoms with Gasteiger partial charge in [0, 0.05) is 31.7 Å². The molecule has 2 amide bonds. The van der Waals surface area contributed by atoms with Crippen LogP contribution in [-0.4, -0.2) is 67.3 Å². The van der Waals surface area contributed by atoms with Crippen molar-refractivity contribution in [2.24, 2.45) is 5.92 Å². The van der Waals surface area contributed by atoms with Gasteiger partial charge in [0.15, 0.2) is 18.2 Å².